The molecule has 0 aliphatic carbocycles. The number of nitrogen functional groups attached to an aromatic ring is 1. The van der Waals surface area contributed by atoms with Crippen LogP contribution >= 0.6 is 15.9 Å². The van der Waals surface area contributed by atoms with Gasteiger partial charge in [0.05, 0.1) is 5.69 Å². The largest absolute Gasteiger partial charge is 0.398 e. The van der Waals surface area contributed by atoms with Crippen LogP contribution in [0.3, 0.4) is 0 Å². The zero-order valence-electron chi connectivity index (χ0n) is 10.9. The second kappa shape index (κ2) is 5.92. The Kier molecular flexibility index (Phi) is 4.24. The molecule has 0 fully saturated rings. The second-order valence-corrected chi connectivity index (χ2v) is 5.31. The minimum atomic E-state index is -0.288. The molecular weight excluding hydrogens is 322 g/mol. The Bertz CT molecular complexity index is 710. The number of aromatic nitrogens is 1. The first-order chi connectivity index (χ1) is 9.45. The van der Waals surface area contributed by atoms with Crippen molar-refractivity contribution in [1.29, 1.82) is 0 Å². The van der Waals surface area contributed by atoms with E-state index in [0.717, 1.165) is 10.0 Å². The molecular formula is C14H14BrN3O2. The van der Waals surface area contributed by atoms with E-state index >= 15 is 0 Å². The number of carbonyl (C=O) groups excluding carboxylic acids is 1. The van der Waals surface area contributed by atoms with E-state index in [1.54, 1.807) is 0 Å². The van der Waals surface area contributed by atoms with Crippen molar-refractivity contribution in [3.05, 3.63) is 56.9 Å². The summed E-state index contributed by atoms with van der Waals surface area (Å²) in [5.41, 5.74) is 7.48. The minimum Gasteiger partial charge on any atom is -0.398 e. The van der Waals surface area contributed by atoms with Crippen LogP contribution in [0, 0.1) is 6.92 Å². The van der Waals surface area contributed by atoms with E-state index in [0.29, 0.717) is 11.4 Å². The number of aryl methyl sites for hydroxylation is 1. The molecule has 0 aliphatic heterocycles. The summed E-state index contributed by atoms with van der Waals surface area (Å²) in [7, 11) is 0. The maximum atomic E-state index is 12.0. The number of pyridine rings is 1. The van der Waals surface area contributed by atoms with E-state index in [9.17, 15) is 9.59 Å². The maximum absolute atomic E-state index is 12.0. The fourth-order valence-corrected chi connectivity index (χ4v) is 2.10. The summed E-state index contributed by atoms with van der Waals surface area (Å²) < 4.78 is 2.06. The third-order valence-electron chi connectivity index (χ3n) is 2.72. The molecule has 0 saturated carbocycles. The van der Waals surface area contributed by atoms with Crippen LogP contribution < -0.4 is 16.6 Å². The number of nitrogens with one attached hydrogen (secondary N) is 1. The fourth-order valence-electron chi connectivity index (χ4n) is 1.75. The van der Waals surface area contributed by atoms with Gasteiger partial charge in [-0.25, -0.2) is 0 Å². The molecule has 0 spiro atoms. The van der Waals surface area contributed by atoms with Crippen LogP contribution in [0.25, 0.3) is 0 Å². The highest BCUT2D eigenvalue weighted by Crippen LogP contribution is 2.23. The van der Waals surface area contributed by atoms with E-state index < -0.39 is 0 Å². The third-order valence-corrected chi connectivity index (χ3v) is 3.41. The molecule has 1 heterocycles. The molecule has 0 radical (unpaired) electrons. The van der Waals surface area contributed by atoms with Crippen molar-refractivity contribution in [3.8, 4) is 0 Å². The maximum Gasteiger partial charge on any atom is 0.251 e. The van der Waals surface area contributed by atoms with Crippen molar-refractivity contribution in [1.82, 2.24) is 4.57 Å². The average Bonchev–Trinajstić information content (AvgIpc) is 2.38. The monoisotopic (exact) mass is 335 g/mol. The van der Waals surface area contributed by atoms with Gasteiger partial charge in [0, 0.05) is 22.4 Å². The third kappa shape index (κ3) is 3.48. The van der Waals surface area contributed by atoms with Gasteiger partial charge in [0.15, 0.2) is 0 Å². The Morgan fingerprint density at radius 1 is 1.35 bits per heavy atom. The van der Waals surface area contributed by atoms with Crippen molar-refractivity contribution in [2.45, 2.75) is 13.5 Å². The van der Waals surface area contributed by atoms with Crippen molar-refractivity contribution in [2.75, 3.05) is 11.1 Å². The zero-order valence-corrected chi connectivity index (χ0v) is 12.5. The van der Waals surface area contributed by atoms with Crippen LogP contribution in [0.1, 0.15) is 5.56 Å². The van der Waals surface area contributed by atoms with E-state index in [1.165, 1.54) is 22.9 Å². The molecule has 20 heavy (non-hydrogen) atoms. The highest BCUT2D eigenvalue weighted by molar-refractivity contribution is 9.10. The molecule has 0 bridgehead atoms. The van der Waals surface area contributed by atoms with Crippen LogP contribution in [0.2, 0.25) is 0 Å². The molecule has 2 aromatic rings. The normalized spacial score (nSPS) is 10.3. The molecule has 1 amide bonds. The van der Waals surface area contributed by atoms with Crippen molar-refractivity contribution < 1.29 is 4.79 Å². The minimum absolute atomic E-state index is 0.0791. The standard InChI is InChI=1S/C14H14BrN3O2/c1-9-2-4-11(15)12(6-9)17-13(19)8-18-7-10(16)3-5-14(18)20/h2-7H,8,16H2,1H3,(H,17,19). The Hall–Kier alpha value is -2.08. The lowest BCUT2D eigenvalue weighted by atomic mass is 10.2. The number of halogens is 1. The van der Waals surface area contributed by atoms with Gasteiger partial charge in [0.2, 0.25) is 5.91 Å². The number of carbonyl (C=O) groups is 1. The predicted octanol–water partition coefficient (Wildman–Crippen LogP) is 2.14. The quantitative estimate of drug-likeness (QED) is 0.902. The Morgan fingerprint density at radius 2 is 2.10 bits per heavy atom. The lowest BCUT2D eigenvalue weighted by molar-refractivity contribution is -0.116. The fraction of sp³-hybridized carbons (Fsp3) is 0.143. The lowest BCUT2D eigenvalue weighted by Gasteiger charge is -2.10. The first kappa shape index (κ1) is 14.3. The number of nitrogens with zero attached hydrogens (tertiary/aromatic N) is 1. The van der Waals surface area contributed by atoms with Gasteiger partial charge in [0.1, 0.15) is 6.54 Å². The highest BCUT2D eigenvalue weighted by Gasteiger charge is 2.08. The van der Waals surface area contributed by atoms with Gasteiger partial charge in [-0.05, 0) is 46.6 Å². The summed E-state index contributed by atoms with van der Waals surface area (Å²) in [6.07, 6.45) is 1.45. The summed E-state index contributed by atoms with van der Waals surface area (Å²) in [6, 6.07) is 8.49. The van der Waals surface area contributed by atoms with E-state index in [1.807, 2.05) is 25.1 Å². The first-order valence-corrected chi connectivity index (χ1v) is 6.77. The van der Waals surface area contributed by atoms with Gasteiger partial charge < -0.3 is 15.6 Å². The summed E-state index contributed by atoms with van der Waals surface area (Å²) in [6.45, 7) is 1.86. The van der Waals surface area contributed by atoms with Gasteiger partial charge in [-0.15, -0.1) is 0 Å². The number of anilines is 2. The number of rotatable bonds is 3. The molecule has 0 aliphatic rings. The molecule has 6 heteroatoms. The smallest absolute Gasteiger partial charge is 0.251 e. The SMILES string of the molecule is Cc1ccc(Br)c(NC(=O)Cn2cc(N)ccc2=O)c1. The van der Waals surface area contributed by atoms with Crippen LogP contribution in [-0.2, 0) is 11.3 Å². The molecule has 1 aromatic carbocycles. The highest BCUT2D eigenvalue weighted by atomic mass is 79.9. The number of nitrogens with two attached hydrogens (primary N) is 1. The Balaban J connectivity index is 2.15. The van der Waals surface area contributed by atoms with Crippen LogP contribution in [-0.4, -0.2) is 10.5 Å². The molecule has 2 rings (SSSR count). The van der Waals surface area contributed by atoms with Crippen LogP contribution in [0.15, 0.2) is 45.8 Å². The summed E-state index contributed by atoms with van der Waals surface area (Å²) in [5.74, 6) is -0.288. The van der Waals surface area contributed by atoms with E-state index in [4.69, 9.17) is 5.73 Å². The van der Waals surface area contributed by atoms with Gasteiger partial charge in [-0.3, -0.25) is 9.59 Å². The molecule has 1 aromatic heterocycles. The van der Waals surface area contributed by atoms with Crippen molar-refractivity contribution in [2.24, 2.45) is 0 Å². The first-order valence-electron chi connectivity index (χ1n) is 5.97. The number of amides is 1. The average molecular weight is 336 g/mol. The number of hydrogen-bond acceptors (Lipinski definition) is 3. The second-order valence-electron chi connectivity index (χ2n) is 4.46. The molecule has 5 nitrogen and oxygen atoms in total. The summed E-state index contributed by atoms with van der Waals surface area (Å²) in [5, 5.41) is 2.76. The summed E-state index contributed by atoms with van der Waals surface area (Å²) in [4.78, 5) is 23.6. The number of hydrogen-bond donors (Lipinski definition) is 2. The molecule has 0 unspecified atom stereocenters. The van der Waals surface area contributed by atoms with Crippen molar-refractivity contribution >= 4 is 33.2 Å². The Morgan fingerprint density at radius 3 is 2.85 bits per heavy atom. The van der Waals surface area contributed by atoms with Gasteiger partial charge in [-0.2, -0.15) is 0 Å². The van der Waals surface area contributed by atoms with E-state index in [2.05, 4.69) is 21.2 Å². The lowest BCUT2D eigenvalue weighted by Crippen LogP contribution is -2.27. The van der Waals surface area contributed by atoms with Gasteiger partial charge >= 0.3 is 0 Å². The van der Waals surface area contributed by atoms with E-state index in [-0.39, 0.29) is 18.0 Å². The summed E-state index contributed by atoms with van der Waals surface area (Å²) >= 11 is 3.37. The molecule has 104 valence electrons. The van der Waals surface area contributed by atoms with Crippen LogP contribution in [0.4, 0.5) is 11.4 Å². The molecule has 0 saturated heterocycles. The van der Waals surface area contributed by atoms with Crippen molar-refractivity contribution in [3.63, 3.8) is 0 Å². The topological polar surface area (TPSA) is 77.1 Å². The number of benzene rings is 1. The Labute approximate surface area is 124 Å². The van der Waals surface area contributed by atoms with Gasteiger partial charge in [0.25, 0.3) is 5.56 Å². The molecule has 3 N–H and O–H groups in total. The predicted molar refractivity (Wildman–Crippen MR) is 82.6 cm³/mol. The van der Waals surface area contributed by atoms with Crippen LogP contribution in [0.5, 0.6) is 0 Å². The molecule has 0 atom stereocenters. The zero-order chi connectivity index (χ0) is 14.7. The van der Waals surface area contributed by atoms with Gasteiger partial charge in [-0.1, -0.05) is 6.07 Å².